The van der Waals surface area contributed by atoms with Crippen LogP contribution in [-0.2, 0) is 6.54 Å². The summed E-state index contributed by atoms with van der Waals surface area (Å²) in [5.41, 5.74) is 1.20. The van der Waals surface area contributed by atoms with Gasteiger partial charge in [0.2, 0.25) is 0 Å². The number of rotatable bonds is 5. The van der Waals surface area contributed by atoms with Gasteiger partial charge < -0.3 is 14.8 Å². The maximum absolute atomic E-state index is 5.53. The van der Waals surface area contributed by atoms with E-state index < -0.39 is 0 Å². The molecule has 0 fully saturated rings. The molecule has 1 aliphatic heterocycles. The van der Waals surface area contributed by atoms with Gasteiger partial charge in [0.05, 0.1) is 0 Å². The van der Waals surface area contributed by atoms with E-state index in [9.17, 15) is 0 Å². The van der Waals surface area contributed by atoms with Crippen LogP contribution in [0.1, 0.15) is 18.4 Å². The first-order valence-electron chi connectivity index (χ1n) is 5.93. The number of ether oxygens (including phenoxy) is 2. The zero-order chi connectivity index (χ0) is 11.9. The molecular weight excluding hydrogens is 214 g/mol. The maximum atomic E-state index is 5.53. The normalized spacial score (nSPS) is 13.1. The van der Waals surface area contributed by atoms with Crippen LogP contribution in [0.3, 0.4) is 0 Å². The lowest BCUT2D eigenvalue weighted by Crippen LogP contribution is -2.17. The number of nitrogens with one attached hydrogen (secondary N) is 1. The van der Waals surface area contributed by atoms with E-state index in [0.717, 1.165) is 37.4 Å². The fraction of sp³-hybridized carbons (Fsp3) is 0.429. The van der Waals surface area contributed by atoms with Crippen molar-refractivity contribution in [3.8, 4) is 23.8 Å². The zero-order valence-electron chi connectivity index (χ0n) is 9.87. The number of fused-ring (bicyclic) bond motifs is 1. The Hall–Kier alpha value is -1.66. The van der Waals surface area contributed by atoms with E-state index in [4.69, 9.17) is 15.9 Å². The van der Waals surface area contributed by atoms with Gasteiger partial charge in [-0.15, -0.1) is 12.3 Å². The molecule has 90 valence electrons. The first kappa shape index (κ1) is 11.8. The lowest BCUT2D eigenvalue weighted by Gasteiger charge is -2.18. The molecule has 0 aromatic heterocycles. The summed E-state index contributed by atoms with van der Waals surface area (Å²) < 4.78 is 11.0. The third-order valence-corrected chi connectivity index (χ3v) is 2.61. The Morgan fingerprint density at radius 1 is 1.24 bits per heavy atom. The molecular formula is C14H17NO2. The fourth-order valence-corrected chi connectivity index (χ4v) is 1.75. The number of terminal acetylenes is 1. The molecule has 2 rings (SSSR count). The smallest absolute Gasteiger partial charge is 0.161 e. The van der Waals surface area contributed by atoms with Crippen LogP contribution in [0.25, 0.3) is 0 Å². The van der Waals surface area contributed by atoms with Crippen LogP contribution in [0.5, 0.6) is 11.5 Å². The van der Waals surface area contributed by atoms with E-state index in [2.05, 4.69) is 17.3 Å². The van der Waals surface area contributed by atoms with Gasteiger partial charge in [-0.25, -0.2) is 0 Å². The van der Waals surface area contributed by atoms with E-state index in [0.29, 0.717) is 13.2 Å². The van der Waals surface area contributed by atoms with Gasteiger partial charge in [-0.2, -0.15) is 0 Å². The third-order valence-electron chi connectivity index (χ3n) is 2.61. The molecule has 1 heterocycles. The highest BCUT2D eigenvalue weighted by Gasteiger charge is 2.11. The minimum atomic E-state index is 0.631. The number of benzene rings is 1. The van der Waals surface area contributed by atoms with Gasteiger partial charge in [-0.3, -0.25) is 0 Å². The summed E-state index contributed by atoms with van der Waals surface area (Å²) in [7, 11) is 0. The molecule has 3 nitrogen and oxygen atoms in total. The fourth-order valence-electron chi connectivity index (χ4n) is 1.75. The molecule has 0 saturated heterocycles. The van der Waals surface area contributed by atoms with Crippen molar-refractivity contribution in [3.63, 3.8) is 0 Å². The number of hydrogen-bond acceptors (Lipinski definition) is 3. The third kappa shape index (κ3) is 3.40. The molecule has 17 heavy (non-hydrogen) atoms. The maximum Gasteiger partial charge on any atom is 0.161 e. The van der Waals surface area contributed by atoms with Crippen LogP contribution in [0, 0.1) is 12.3 Å². The van der Waals surface area contributed by atoms with E-state index in [1.807, 2.05) is 12.1 Å². The molecule has 3 heteroatoms. The van der Waals surface area contributed by atoms with Crippen molar-refractivity contribution in [3.05, 3.63) is 23.8 Å². The summed E-state index contributed by atoms with van der Waals surface area (Å²) >= 11 is 0. The van der Waals surface area contributed by atoms with Crippen molar-refractivity contribution in [2.45, 2.75) is 19.4 Å². The second-order valence-electron chi connectivity index (χ2n) is 3.96. The van der Waals surface area contributed by atoms with Crippen molar-refractivity contribution in [2.24, 2.45) is 0 Å². The summed E-state index contributed by atoms with van der Waals surface area (Å²) in [5, 5.41) is 3.35. The predicted octanol–water partition coefficient (Wildman–Crippen LogP) is 1.96. The summed E-state index contributed by atoms with van der Waals surface area (Å²) in [6, 6.07) is 6.05. The Labute approximate surface area is 102 Å². The van der Waals surface area contributed by atoms with Crippen LogP contribution in [0.4, 0.5) is 0 Å². The average Bonchev–Trinajstić information content (AvgIpc) is 2.38. The molecule has 0 atom stereocenters. The predicted molar refractivity (Wildman–Crippen MR) is 67.2 cm³/mol. The number of hydrogen-bond donors (Lipinski definition) is 1. The lowest BCUT2D eigenvalue weighted by atomic mass is 10.2. The van der Waals surface area contributed by atoms with Crippen LogP contribution in [0.2, 0.25) is 0 Å². The molecule has 0 unspecified atom stereocenters. The van der Waals surface area contributed by atoms with Crippen LogP contribution in [-0.4, -0.2) is 19.8 Å². The van der Waals surface area contributed by atoms with Crippen LogP contribution in [0.15, 0.2) is 18.2 Å². The summed E-state index contributed by atoms with van der Waals surface area (Å²) in [5.74, 6) is 4.32. The summed E-state index contributed by atoms with van der Waals surface area (Å²) in [4.78, 5) is 0. The summed E-state index contributed by atoms with van der Waals surface area (Å²) in [6.45, 7) is 3.04. The quantitative estimate of drug-likeness (QED) is 0.620. The lowest BCUT2D eigenvalue weighted by molar-refractivity contribution is 0.171. The van der Waals surface area contributed by atoms with Gasteiger partial charge in [0.25, 0.3) is 0 Å². The Kier molecular flexibility index (Phi) is 4.29. The van der Waals surface area contributed by atoms with Gasteiger partial charge >= 0.3 is 0 Å². The highest BCUT2D eigenvalue weighted by atomic mass is 16.6. The molecule has 0 spiro atoms. The SMILES string of the molecule is C#CCCCNCc1ccc2c(c1)OCCO2. The van der Waals surface area contributed by atoms with Gasteiger partial charge in [0, 0.05) is 13.0 Å². The monoisotopic (exact) mass is 231 g/mol. The largest absolute Gasteiger partial charge is 0.486 e. The second kappa shape index (κ2) is 6.17. The van der Waals surface area contributed by atoms with E-state index in [1.54, 1.807) is 0 Å². The molecule has 1 N–H and O–H groups in total. The van der Waals surface area contributed by atoms with Crippen molar-refractivity contribution in [1.29, 1.82) is 0 Å². The Bertz CT molecular complexity index is 409. The Balaban J connectivity index is 1.83. The zero-order valence-corrected chi connectivity index (χ0v) is 9.87. The highest BCUT2D eigenvalue weighted by Crippen LogP contribution is 2.30. The van der Waals surface area contributed by atoms with Crippen molar-refractivity contribution < 1.29 is 9.47 Å². The first-order chi connectivity index (χ1) is 8.40. The molecule has 0 radical (unpaired) electrons. The molecule has 0 bridgehead atoms. The van der Waals surface area contributed by atoms with Gasteiger partial charge in [0.1, 0.15) is 13.2 Å². The van der Waals surface area contributed by atoms with Gasteiger partial charge in [0.15, 0.2) is 11.5 Å². The molecule has 0 aliphatic carbocycles. The van der Waals surface area contributed by atoms with Crippen molar-refractivity contribution in [2.75, 3.05) is 19.8 Å². The standard InChI is InChI=1S/C14H17NO2/c1-2-3-4-7-15-11-12-5-6-13-14(10-12)17-9-8-16-13/h1,5-6,10,15H,3-4,7-9,11H2. The van der Waals surface area contributed by atoms with Gasteiger partial charge in [-0.1, -0.05) is 6.07 Å². The van der Waals surface area contributed by atoms with E-state index in [1.165, 1.54) is 5.56 Å². The Morgan fingerprint density at radius 3 is 2.88 bits per heavy atom. The van der Waals surface area contributed by atoms with E-state index in [-0.39, 0.29) is 0 Å². The second-order valence-corrected chi connectivity index (χ2v) is 3.96. The first-order valence-corrected chi connectivity index (χ1v) is 5.93. The van der Waals surface area contributed by atoms with Gasteiger partial charge in [-0.05, 0) is 30.7 Å². The molecule has 1 aromatic carbocycles. The minimum absolute atomic E-state index is 0.631. The Morgan fingerprint density at radius 2 is 2.06 bits per heavy atom. The van der Waals surface area contributed by atoms with E-state index >= 15 is 0 Å². The topological polar surface area (TPSA) is 30.5 Å². The highest BCUT2D eigenvalue weighted by molar-refractivity contribution is 5.43. The van der Waals surface area contributed by atoms with Crippen LogP contribution < -0.4 is 14.8 Å². The number of unbranched alkanes of at least 4 members (excludes halogenated alkanes) is 1. The minimum Gasteiger partial charge on any atom is -0.486 e. The molecule has 1 aliphatic rings. The molecule has 0 saturated carbocycles. The molecule has 0 amide bonds. The average molecular weight is 231 g/mol. The summed E-state index contributed by atoms with van der Waals surface area (Å²) in [6.07, 6.45) is 7.03. The van der Waals surface area contributed by atoms with Crippen LogP contribution >= 0.6 is 0 Å². The molecule has 1 aromatic rings. The van der Waals surface area contributed by atoms with Crippen molar-refractivity contribution >= 4 is 0 Å². The van der Waals surface area contributed by atoms with Crippen molar-refractivity contribution in [1.82, 2.24) is 5.32 Å².